The van der Waals surface area contributed by atoms with E-state index in [1.807, 2.05) is 0 Å². The zero-order chi connectivity index (χ0) is 15.2. The van der Waals surface area contributed by atoms with Crippen LogP contribution in [0.4, 0.5) is 24.5 Å². The minimum absolute atomic E-state index is 0.00483. The Morgan fingerprint density at radius 2 is 1.95 bits per heavy atom. The second-order valence-corrected chi connectivity index (χ2v) is 4.15. The molecule has 1 aromatic rings. The molecule has 1 aromatic carbocycles. The summed E-state index contributed by atoms with van der Waals surface area (Å²) in [5, 5.41) is 12.9. The van der Waals surface area contributed by atoms with Crippen molar-refractivity contribution < 1.29 is 18.0 Å². The van der Waals surface area contributed by atoms with Crippen LogP contribution in [0.2, 0.25) is 0 Å². The number of aliphatic imine (C=N–C) groups is 1. The zero-order valence-corrected chi connectivity index (χ0v) is 11.0. The maximum absolute atomic E-state index is 12.0. The smallest absolute Gasteiger partial charge is 0.318 e. The number of thioether (sulfide) groups is 1. The molecule has 1 amide bonds. The van der Waals surface area contributed by atoms with Crippen molar-refractivity contribution in [2.24, 2.45) is 4.99 Å². The third kappa shape index (κ3) is 4.81. The van der Waals surface area contributed by atoms with Crippen LogP contribution in [0.1, 0.15) is 0 Å². The maximum atomic E-state index is 12.0. The van der Waals surface area contributed by atoms with E-state index in [2.05, 4.69) is 10.3 Å². The summed E-state index contributed by atoms with van der Waals surface area (Å²) in [6.45, 7) is 0. The molecule has 1 rings (SSSR count). The van der Waals surface area contributed by atoms with Crippen LogP contribution in [0.5, 0.6) is 0 Å². The molecule has 0 aliphatic rings. The van der Waals surface area contributed by atoms with Crippen molar-refractivity contribution in [1.29, 1.82) is 5.26 Å². The summed E-state index contributed by atoms with van der Waals surface area (Å²) in [6, 6.07) is 5.40. The molecule has 106 valence electrons. The van der Waals surface area contributed by atoms with Crippen molar-refractivity contribution in [3.8, 4) is 6.19 Å². The Morgan fingerprint density at radius 3 is 2.40 bits per heavy atom. The van der Waals surface area contributed by atoms with Crippen LogP contribution in [0.25, 0.3) is 0 Å². The quantitative estimate of drug-likeness (QED) is 0.381. The molecule has 0 atom stereocenters. The maximum Gasteiger partial charge on any atom is 0.471 e. The summed E-state index contributed by atoms with van der Waals surface area (Å²) in [5.74, 6) is -2.04. The van der Waals surface area contributed by atoms with Gasteiger partial charge in [-0.15, -0.1) is 0 Å². The lowest BCUT2D eigenvalue weighted by molar-refractivity contribution is -0.167. The molecule has 0 fully saturated rings. The Kier molecular flexibility index (Phi) is 5.40. The standard InChI is InChI=1S/C11H9F3N4OS/c1-20-10(16-6-15)18-8-4-2-7(3-5-8)17-9(19)11(12,13)14/h2-5H,1H3,(H,16,18)(H,17,19). The van der Waals surface area contributed by atoms with Crippen molar-refractivity contribution in [2.45, 2.75) is 6.18 Å². The number of carbonyl (C=O) groups excluding carboxylic acids is 1. The van der Waals surface area contributed by atoms with Gasteiger partial charge in [-0.25, -0.2) is 4.99 Å². The Hall–Kier alpha value is -2.21. The van der Waals surface area contributed by atoms with E-state index in [1.165, 1.54) is 36.0 Å². The molecule has 0 unspecified atom stereocenters. The molecule has 0 aliphatic carbocycles. The number of nitrogens with one attached hydrogen (secondary N) is 2. The van der Waals surface area contributed by atoms with Crippen LogP contribution in [-0.2, 0) is 4.79 Å². The van der Waals surface area contributed by atoms with Gasteiger partial charge in [0.15, 0.2) is 11.4 Å². The Morgan fingerprint density at radius 1 is 1.35 bits per heavy atom. The zero-order valence-electron chi connectivity index (χ0n) is 10.2. The molecule has 5 nitrogen and oxygen atoms in total. The number of amides is 1. The predicted molar refractivity (Wildman–Crippen MR) is 70.5 cm³/mol. The van der Waals surface area contributed by atoms with Crippen molar-refractivity contribution >= 4 is 34.2 Å². The fraction of sp³-hybridized carbons (Fsp3) is 0.182. The summed E-state index contributed by atoms with van der Waals surface area (Å²) in [4.78, 5) is 14.8. The molecular weight excluding hydrogens is 293 g/mol. The van der Waals surface area contributed by atoms with E-state index in [4.69, 9.17) is 5.26 Å². The first-order chi connectivity index (χ1) is 9.36. The molecule has 0 saturated heterocycles. The van der Waals surface area contributed by atoms with E-state index in [-0.39, 0.29) is 5.69 Å². The topological polar surface area (TPSA) is 77.3 Å². The Labute approximate surface area is 116 Å². The number of nitrogens with zero attached hydrogens (tertiary/aromatic N) is 2. The number of nitriles is 1. The summed E-state index contributed by atoms with van der Waals surface area (Å²) in [7, 11) is 0. The van der Waals surface area contributed by atoms with Gasteiger partial charge in [-0.3, -0.25) is 10.1 Å². The van der Waals surface area contributed by atoms with E-state index < -0.39 is 12.1 Å². The summed E-state index contributed by atoms with van der Waals surface area (Å²) >= 11 is 1.21. The number of rotatable bonds is 2. The van der Waals surface area contributed by atoms with E-state index in [9.17, 15) is 18.0 Å². The van der Waals surface area contributed by atoms with Crippen molar-refractivity contribution in [1.82, 2.24) is 5.32 Å². The van der Waals surface area contributed by atoms with Crippen LogP contribution in [0, 0.1) is 11.5 Å². The molecule has 2 N–H and O–H groups in total. The van der Waals surface area contributed by atoms with Crippen LogP contribution < -0.4 is 10.6 Å². The van der Waals surface area contributed by atoms with Crippen LogP contribution in [-0.4, -0.2) is 23.5 Å². The van der Waals surface area contributed by atoms with Gasteiger partial charge in [-0.1, -0.05) is 11.8 Å². The van der Waals surface area contributed by atoms with Gasteiger partial charge >= 0.3 is 12.1 Å². The van der Waals surface area contributed by atoms with Gasteiger partial charge in [-0.2, -0.15) is 18.4 Å². The van der Waals surface area contributed by atoms with Crippen LogP contribution in [0.15, 0.2) is 29.3 Å². The first-order valence-corrected chi connectivity index (χ1v) is 6.35. The summed E-state index contributed by atoms with van der Waals surface area (Å²) in [6.07, 6.45) is -1.51. The second kappa shape index (κ2) is 6.81. The SMILES string of the molecule is CSC(=Nc1ccc(NC(=O)C(F)(F)F)cc1)NC#N. The van der Waals surface area contributed by atoms with E-state index >= 15 is 0 Å². The first kappa shape index (κ1) is 15.8. The van der Waals surface area contributed by atoms with Gasteiger partial charge in [0.1, 0.15) is 0 Å². The van der Waals surface area contributed by atoms with Crippen molar-refractivity contribution in [3.05, 3.63) is 24.3 Å². The van der Waals surface area contributed by atoms with Crippen LogP contribution in [0.3, 0.4) is 0 Å². The Bertz CT molecular complexity index is 548. The number of hydrogen-bond donors (Lipinski definition) is 2. The van der Waals surface area contributed by atoms with Gasteiger partial charge in [0.25, 0.3) is 0 Å². The molecule has 9 heteroatoms. The van der Waals surface area contributed by atoms with E-state index in [0.29, 0.717) is 10.9 Å². The highest BCUT2D eigenvalue weighted by Gasteiger charge is 2.38. The van der Waals surface area contributed by atoms with Gasteiger partial charge < -0.3 is 5.32 Å². The molecule has 0 spiro atoms. The number of halogens is 3. The average Bonchev–Trinajstić information content (AvgIpc) is 2.39. The number of amidine groups is 1. The van der Waals surface area contributed by atoms with E-state index in [0.717, 1.165) is 0 Å². The minimum atomic E-state index is -4.93. The largest absolute Gasteiger partial charge is 0.471 e. The molecular formula is C11H9F3N4OS. The fourth-order valence-electron chi connectivity index (χ4n) is 1.11. The first-order valence-electron chi connectivity index (χ1n) is 5.13. The number of benzene rings is 1. The van der Waals surface area contributed by atoms with Gasteiger partial charge in [-0.05, 0) is 30.5 Å². The third-order valence-electron chi connectivity index (χ3n) is 1.97. The third-order valence-corrected chi connectivity index (χ3v) is 2.55. The average molecular weight is 302 g/mol. The van der Waals surface area contributed by atoms with Gasteiger partial charge in [0.2, 0.25) is 0 Å². The molecule has 0 aromatic heterocycles. The molecule has 20 heavy (non-hydrogen) atoms. The van der Waals surface area contributed by atoms with Crippen molar-refractivity contribution in [2.75, 3.05) is 11.6 Å². The van der Waals surface area contributed by atoms with Gasteiger partial charge in [0.05, 0.1) is 5.69 Å². The number of anilines is 1. The normalized spacial score (nSPS) is 11.7. The molecule has 0 saturated carbocycles. The van der Waals surface area contributed by atoms with Gasteiger partial charge in [0, 0.05) is 5.69 Å². The lowest BCUT2D eigenvalue weighted by Gasteiger charge is -2.07. The number of carbonyl (C=O) groups is 1. The highest BCUT2D eigenvalue weighted by molar-refractivity contribution is 8.13. The molecule has 0 bridgehead atoms. The minimum Gasteiger partial charge on any atom is -0.318 e. The highest BCUT2D eigenvalue weighted by atomic mass is 32.2. The molecule has 0 radical (unpaired) electrons. The predicted octanol–water partition coefficient (Wildman–Crippen LogP) is 2.61. The van der Waals surface area contributed by atoms with E-state index in [1.54, 1.807) is 17.8 Å². The fourth-order valence-corrected chi connectivity index (χ4v) is 1.46. The lowest BCUT2D eigenvalue weighted by atomic mass is 10.3. The van der Waals surface area contributed by atoms with Crippen molar-refractivity contribution in [3.63, 3.8) is 0 Å². The number of hydrogen-bond acceptors (Lipinski definition) is 4. The monoisotopic (exact) mass is 302 g/mol. The number of alkyl halides is 3. The van der Waals surface area contributed by atoms with Crippen LogP contribution >= 0.6 is 11.8 Å². The summed E-state index contributed by atoms with van der Waals surface area (Å²) in [5.41, 5.74) is 0.437. The Balaban J connectivity index is 2.80. The summed E-state index contributed by atoms with van der Waals surface area (Å²) < 4.78 is 36.1. The lowest BCUT2D eigenvalue weighted by Crippen LogP contribution is -2.29. The second-order valence-electron chi connectivity index (χ2n) is 3.36. The highest BCUT2D eigenvalue weighted by Crippen LogP contribution is 2.21. The molecule has 0 heterocycles. The molecule has 0 aliphatic heterocycles.